The molecule has 0 bridgehead atoms. The molecule has 0 radical (unpaired) electrons. The average molecular weight is 290 g/mol. The second-order valence-electron chi connectivity index (χ2n) is 3.83. The number of nitrogens with zero attached hydrogens (tertiary/aromatic N) is 1. The molecule has 0 aliphatic carbocycles. The number of halogens is 2. The molecule has 1 aromatic rings. The van der Waals surface area contributed by atoms with Gasteiger partial charge in [0.2, 0.25) is 0 Å². The van der Waals surface area contributed by atoms with Crippen molar-refractivity contribution in [3.8, 4) is 0 Å². The van der Waals surface area contributed by atoms with Crippen molar-refractivity contribution in [3.63, 3.8) is 0 Å². The van der Waals surface area contributed by atoms with E-state index in [1.54, 1.807) is 6.07 Å². The summed E-state index contributed by atoms with van der Waals surface area (Å²) in [6.07, 6.45) is 0. The van der Waals surface area contributed by atoms with Gasteiger partial charge in [0.05, 0.1) is 10.2 Å². The highest BCUT2D eigenvalue weighted by molar-refractivity contribution is 9.10. The molecule has 0 spiro atoms. The van der Waals surface area contributed by atoms with E-state index in [-0.39, 0.29) is 5.82 Å². The summed E-state index contributed by atoms with van der Waals surface area (Å²) in [6, 6.07) is 3.54. The van der Waals surface area contributed by atoms with E-state index in [9.17, 15) is 4.39 Å². The molecule has 0 atom stereocenters. The first kappa shape index (κ1) is 13.4. The summed E-state index contributed by atoms with van der Waals surface area (Å²) < 4.78 is 14.2. The van der Waals surface area contributed by atoms with Crippen molar-refractivity contribution < 1.29 is 4.39 Å². The van der Waals surface area contributed by atoms with Crippen LogP contribution in [0.5, 0.6) is 0 Å². The van der Waals surface area contributed by atoms with Crippen molar-refractivity contribution in [2.24, 2.45) is 5.73 Å². The third-order valence-electron chi connectivity index (χ3n) is 2.26. The Morgan fingerprint density at radius 3 is 2.69 bits per heavy atom. The number of rotatable bonds is 5. The van der Waals surface area contributed by atoms with E-state index in [0.717, 1.165) is 12.1 Å². The Balaban J connectivity index is 2.71. The van der Waals surface area contributed by atoms with Crippen LogP contribution in [0.1, 0.15) is 5.56 Å². The number of anilines is 1. The van der Waals surface area contributed by atoms with Crippen LogP contribution in [0.3, 0.4) is 0 Å². The Labute approximate surface area is 104 Å². The van der Waals surface area contributed by atoms with Crippen LogP contribution >= 0.6 is 15.9 Å². The molecular weight excluding hydrogens is 273 g/mol. The Kier molecular flexibility index (Phi) is 5.18. The Morgan fingerprint density at radius 2 is 2.12 bits per heavy atom. The lowest BCUT2D eigenvalue weighted by atomic mass is 10.2. The third kappa shape index (κ3) is 3.43. The predicted octanol–water partition coefficient (Wildman–Crippen LogP) is 2.02. The molecule has 90 valence electrons. The quantitative estimate of drug-likeness (QED) is 0.871. The number of benzene rings is 1. The van der Waals surface area contributed by atoms with E-state index in [1.807, 2.05) is 25.1 Å². The maximum atomic E-state index is 13.8. The van der Waals surface area contributed by atoms with E-state index >= 15 is 0 Å². The van der Waals surface area contributed by atoms with Crippen molar-refractivity contribution >= 4 is 21.6 Å². The van der Waals surface area contributed by atoms with E-state index < -0.39 is 0 Å². The van der Waals surface area contributed by atoms with E-state index in [2.05, 4.69) is 21.2 Å². The molecule has 0 aliphatic heterocycles. The van der Waals surface area contributed by atoms with Gasteiger partial charge >= 0.3 is 0 Å². The number of hydrogen-bond donors (Lipinski definition) is 2. The summed E-state index contributed by atoms with van der Waals surface area (Å²) in [5.74, 6) is -0.276. The molecule has 1 aromatic carbocycles. The molecule has 0 fully saturated rings. The summed E-state index contributed by atoms with van der Waals surface area (Å²) in [5.41, 5.74) is 6.76. The normalized spacial score (nSPS) is 10.9. The Morgan fingerprint density at radius 1 is 1.44 bits per heavy atom. The number of likely N-dealkylation sites (N-methyl/N-ethyl adjacent to an activating group) is 1. The molecule has 0 saturated carbocycles. The monoisotopic (exact) mass is 289 g/mol. The van der Waals surface area contributed by atoms with Crippen LogP contribution in [0, 0.1) is 5.82 Å². The fourth-order valence-electron chi connectivity index (χ4n) is 1.30. The zero-order valence-corrected chi connectivity index (χ0v) is 11.1. The van der Waals surface area contributed by atoms with Crippen molar-refractivity contribution in [1.82, 2.24) is 4.90 Å². The van der Waals surface area contributed by atoms with Crippen LogP contribution < -0.4 is 11.1 Å². The fourth-order valence-corrected chi connectivity index (χ4v) is 1.81. The number of nitrogens with two attached hydrogens (primary N) is 1. The van der Waals surface area contributed by atoms with E-state index in [4.69, 9.17) is 5.73 Å². The molecule has 0 aliphatic rings. The lowest BCUT2D eigenvalue weighted by Crippen LogP contribution is -2.21. The summed E-state index contributed by atoms with van der Waals surface area (Å²) >= 11 is 3.21. The molecule has 0 unspecified atom stereocenters. The number of hydrogen-bond acceptors (Lipinski definition) is 3. The van der Waals surface area contributed by atoms with E-state index in [0.29, 0.717) is 23.2 Å². The maximum Gasteiger partial charge on any atom is 0.160 e. The smallest absolute Gasteiger partial charge is 0.160 e. The van der Waals surface area contributed by atoms with Gasteiger partial charge in [0.25, 0.3) is 0 Å². The lowest BCUT2D eigenvalue weighted by molar-refractivity contribution is 0.425. The molecular formula is C11H17BrFN3. The highest BCUT2D eigenvalue weighted by Gasteiger charge is 2.09. The van der Waals surface area contributed by atoms with Crippen LogP contribution in [-0.4, -0.2) is 32.1 Å². The van der Waals surface area contributed by atoms with E-state index in [1.165, 1.54) is 0 Å². The Hall–Kier alpha value is -0.650. The van der Waals surface area contributed by atoms with Gasteiger partial charge in [-0.3, -0.25) is 0 Å². The van der Waals surface area contributed by atoms with Crippen LogP contribution in [0.25, 0.3) is 0 Å². The van der Waals surface area contributed by atoms with Crippen molar-refractivity contribution in [2.75, 3.05) is 32.5 Å². The van der Waals surface area contributed by atoms with Gasteiger partial charge in [0, 0.05) is 19.6 Å². The van der Waals surface area contributed by atoms with Gasteiger partial charge < -0.3 is 16.0 Å². The summed E-state index contributed by atoms with van der Waals surface area (Å²) in [5, 5.41) is 3.05. The van der Waals surface area contributed by atoms with Crippen molar-refractivity contribution in [1.29, 1.82) is 0 Å². The molecule has 3 nitrogen and oxygen atoms in total. The first-order valence-electron chi connectivity index (χ1n) is 5.11. The first-order chi connectivity index (χ1) is 7.56. The zero-order chi connectivity index (χ0) is 12.1. The standard InChI is InChI=1S/C11H17BrFN3/c1-16(2)6-5-15-9-4-3-8(7-14)10(12)11(9)13/h3-4,15H,5-7,14H2,1-2H3. The largest absolute Gasteiger partial charge is 0.381 e. The van der Waals surface area contributed by atoms with Gasteiger partial charge in [-0.1, -0.05) is 6.07 Å². The first-order valence-corrected chi connectivity index (χ1v) is 5.91. The zero-order valence-electron chi connectivity index (χ0n) is 9.56. The molecule has 3 N–H and O–H groups in total. The van der Waals surface area contributed by atoms with Gasteiger partial charge in [0.15, 0.2) is 5.82 Å². The lowest BCUT2D eigenvalue weighted by Gasteiger charge is -2.13. The SMILES string of the molecule is CN(C)CCNc1ccc(CN)c(Br)c1F. The second kappa shape index (κ2) is 6.18. The van der Waals surface area contributed by atoms with Gasteiger partial charge in [-0.25, -0.2) is 4.39 Å². The minimum atomic E-state index is -0.276. The number of nitrogens with one attached hydrogen (secondary N) is 1. The molecule has 1 rings (SSSR count). The maximum absolute atomic E-state index is 13.8. The summed E-state index contributed by atoms with van der Waals surface area (Å²) in [6.45, 7) is 1.89. The molecule has 0 heterocycles. The van der Waals surface area contributed by atoms with Crippen molar-refractivity contribution in [3.05, 3.63) is 28.0 Å². The summed E-state index contributed by atoms with van der Waals surface area (Å²) in [7, 11) is 3.96. The Bertz CT molecular complexity index is 355. The highest BCUT2D eigenvalue weighted by atomic mass is 79.9. The van der Waals surface area contributed by atoms with Gasteiger partial charge in [-0.15, -0.1) is 0 Å². The molecule has 16 heavy (non-hydrogen) atoms. The van der Waals surface area contributed by atoms with Crippen LogP contribution in [0.4, 0.5) is 10.1 Å². The van der Waals surface area contributed by atoms with Gasteiger partial charge in [-0.2, -0.15) is 0 Å². The molecule has 0 aromatic heterocycles. The molecule has 5 heteroatoms. The third-order valence-corrected chi connectivity index (χ3v) is 3.11. The highest BCUT2D eigenvalue weighted by Crippen LogP contribution is 2.26. The van der Waals surface area contributed by atoms with Crippen molar-refractivity contribution in [2.45, 2.75) is 6.54 Å². The van der Waals surface area contributed by atoms with Crippen LogP contribution in [-0.2, 0) is 6.54 Å². The van der Waals surface area contributed by atoms with Gasteiger partial charge in [-0.05, 0) is 41.7 Å². The minimum Gasteiger partial charge on any atom is -0.381 e. The van der Waals surface area contributed by atoms with Gasteiger partial charge in [0.1, 0.15) is 0 Å². The molecule has 0 amide bonds. The topological polar surface area (TPSA) is 41.3 Å². The fraction of sp³-hybridized carbons (Fsp3) is 0.455. The van der Waals surface area contributed by atoms with Crippen LogP contribution in [0.15, 0.2) is 16.6 Å². The molecule has 0 saturated heterocycles. The summed E-state index contributed by atoms with van der Waals surface area (Å²) in [4.78, 5) is 2.04. The second-order valence-corrected chi connectivity index (χ2v) is 4.63. The minimum absolute atomic E-state index is 0.276. The van der Waals surface area contributed by atoms with Crippen LogP contribution in [0.2, 0.25) is 0 Å². The predicted molar refractivity (Wildman–Crippen MR) is 69.0 cm³/mol. The average Bonchev–Trinajstić information content (AvgIpc) is 2.24.